The lowest BCUT2D eigenvalue weighted by molar-refractivity contribution is -0.127. The molecule has 1 aliphatic carbocycles. The van der Waals surface area contributed by atoms with Crippen LogP contribution in [0.2, 0.25) is 0 Å². The first-order chi connectivity index (χ1) is 11.5. The van der Waals surface area contributed by atoms with Crippen molar-refractivity contribution >= 4 is 17.5 Å². The fraction of sp³-hybridized carbons (Fsp3) is 0.579. The second-order valence-corrected chi connectivity index (χ2v) is 6.67. The van der Waals surface area contributed by atoms with Crippen LogP contribution in [-0.2, 0) is 9.59 Å². The molecule has 0 aliphatic heterocycles. The molecule has 0 aromatic heterocycles. The number of anilines is 1. The van der Waals surface area contributed by atoms with Crippen molar-refractivity contribution in [2.24, 2.45) is 0 Å². The predicted molar refractivity (Wildman–Crippen MR) is 95.1 cm³/mol. The zero-order valence-electron chi connectivity index (χ0n) is 14.6. The van der Waals surface area contributed by atoms with Gasteiger partial charge in [-0.15, -0.1) is 0 Å². The van der Waals surface area contributed by atoms with Gasteiger partial charge < -0.3 is 15.4 Å². The van der Waals surface area contributed by atoms with E-state index in [2.05, 4.69) is 10.6 Å². The third kappa shape index (κ3) is 6.60. The summed E-state index contributed by atoms with van der Waals surface area (Å²) in [6, 6.07) is 7.39. The van der Waals surface area contributed by atoms with Crippen LogP contribution in [0, 0.1) is 0 Å². The molecule has 0 unspecified atom stereocenters. The van der Waals surface area contributed by atoms with Crippen LogP contribution in [0.4, 0.5) is 5.69 Å². The molecule has 1 saturated carbocycles. The summed E-state index contributed by atoms with van der Waals surface area (Å²) in [5.74, 6) is 0.270. The van der Waals surface area contributed by atoms with Gasteiger partial charge in [0.2, 0.25) is 11.8 Å². The van der Waals surface area contributed by atoms with Crippen LogP contribution in [-0.4, -0.2) is 24.0 Å². The first-order valence-electron chi connectivity index (χ1n) is 8.89. The van der Waals surface area contributed by atoms with Gasteiger partial charge in [-0.05, 0) is 51.0 Å². The Labute approximate surface area is 144 Å². The molecule has 2 N–H and O–H groups in total. The average Bonchev–Trinajstić information content (AvgIpc) is 2.77. The Hall–Kier alpha value is -2.04. The van der Waals surface area contributed by atoms with E-state index in [1.54, 1.807) is 24.3 Å². The molecule has 2 rings (SSSR count). The molecular formula is C19H28N2O3. The van der Waals surface area contributed by atoms with Gasteiger partial charge in [-0.2, -0.15) is 0 Å². The molecule has 1 aliphatic rings. The third-order valence-corrected chi connectivity index (χ3v) is 4.05. The summed E-state index contributed by atoms with van der Waals surface area (Å²) in [4.78, 5) is 24.0. The summed E-state index contributed by atoms with van der Waals surface area (Å²) in [6.07, 6.45) is 6.80. The smallest absolute Gasteiger partial charge is 0.233 e. The molecule has 24 heavy (non-hydrogen) atoms. The molecule has 1 aromatic carbocycles. The highest BCUT2D eigenvalue weighted by atomic mass is 16.5. The van der Waals surface area contributed by atoms with Crippen molar-refractivity contribution in [3.63, 3.8) is 0 Å². The highest BCUT2D eigenvalue weighted by molar-refractivity contribution is 6.03. The molecule has 132 valence electrons. The van der Waals surface area contributed by atoms with Crippen molar-refractivity contribution in [2.75, 3.05) is 5.32 Å². The summed E-state index contributed by atoms with van der Waals surface area (Å²) in [6.45, 7) is 3.92. The number of hydrogen-bond acceptors (Lipinski definition) is 3. The summed E-state index contributed by atoms with van der Waals surface area (Å²) >= 11 is 0. The predicted octanol–water partition coefficient (Wildman–Crippen LogP) is 3.64. The quantitative estimate of drug-likeness (QED) is 0.617. The third-order valence-electron chi connectivity index (χ3n) is 4.05. The Morgan fingerprint density at radius 3 is 2.25 bits per heavy atom. The molecule has 0 heterocycles. The minimum atomic E-state index is -0.293. The number of benzene rings is 1. The van der Waals surface area contributed by atoms with Gasteiger partial charge in [0.05, 0.1) is 6.10 Å². The second-order valence-electron chi connectivity index (χ2n) is 6.67. The van der Waals surface area contributed by atoms with Crippen LogP contribution in [0.25, 0.3) is 0 Å². The van der Waals surface area contributed by atoms with E-state index in [0.29, 0.717) is 5.69 Å². The molecule has 1 fully saturated rings. The molecule has 0 spiro atoms. The Bertz CT molecular complexity index is 532. The van der Waals surface area contributed by atoms with Gasteiger partial charge in [-0.1, -0.05) is 25.7 Å². The molecule has 0 radical (unpaired) electrons. The Kier molecular flexibility index (Phi) is 7.09. The van der Waals surface area contributed by atoms with Gasteiger partial charge in [0.25, 0.3) is 0 Å². The Morgan fingerprint density at radius 2 is 1.67 bits per heavy atom. The van der Waals surface area contributed by atoms with E-state index in [0.717, 1.165) is 31.4 Å². The number of rotatable bonds is 6. The molecular weight excluding hydrogens is 304 g/mol. The van der Waals surface area contributed by atoms with Gasteiger partial charge in [-0.25, -0.2) is 0 Å². The number of hydrogen-bond donors (Lipinski definition) is 2. The largest absolute Gasteiger partial charge is 0.491 e. The first-order valence-corrected chi connectivity index (χ1v) is 8.89. The van der Waals surface area contributed by atoms with E-state index in [-0.39, 0.29) is 30.4 Å². The molecule has 1 aromatic rings. The van der Waals surface area contributed by atoms with Crippen molar-refractivity contribution in [1.82, 2.24) is 5.32 Å². The van der Waals surface area contributed by atoms with Crippen LogP contribution in [0.1, 0.15) is 58.8 Å². The van der Waals surface area contributed by atoms with Gasteiger partial charge >= 0.3 is 0 Å². The van der Waals surface area contributed by atoms with Gasteiger partial charge in [0, 0.05) is 11.7 Å². The topological polar surface area (TPSA) is 67.4 Å². The minimum absolute atomic E-state index is 0.109. The fourth-order valence-corrected chi connectivity index (χ4v) is 2.94. The zero-order valence-corrected chi connectivity index (χ0v) is 14.6. The zero-order chi connectivity index (χ0) is 17.4. The Morgan fingerprint density at radius 1 is 1.04 bits per heavy atom. The standard InChI is InChI=1S/C19H28N2O3/c1-14(2)24-17-11-9-16(10-12-17)21-19(23)13-18(22)20-15-7-5-3-4-6-8-15/h9-12,14-15H,3-8,13H2,1-2H3,(H,20,22)(H,21,23). The summed E-state index contributed by atoms with van der Waals surface area (Å²) in [5, 5.41) is 5.73. The normalized spacial score (nSPS) is 15.6. The van der Waals surface area contributed by atoms with Gasteiger partial charge in [-0.3, -0.25) is 9.59 Å². The lowest BCUT2D eigenvalue weighted by atomic mass is 10.1. The van der Waals surface area contributed by atoms with Crippen molar-refractivity contribution < 1.29 is 14.3 Å². The Balaban J connectivity index is 1.76. The highest BCUT2D eigenvalue weighted by Crippen LogP contribution is 2.18. The number of carbonyl (C=O) groups is 2. The SMILES string of the molecule is CC(C)Oc1ccc(NC(=O)CC(=O)NC2CCCCCC2)cc1. The lowest BCUT2D eigenvalue weighted by Crippen LogP contribution is -2.36. The highest BCUT2D eigenvalue weighted by Gasteiger charge is 2.16. The van der Waals surface area contributed by atoms with E-state index in [1.807, 2.05) is 13.8 Å². The molecule has 2 amide bonds. The molecule has 0 atom stereocenters. The average molecular weight is 332 g/mol. The van der Waals surface area contributed by atoms with Crippen molar-refractivity contribution in [3.05, 3.63) is 24.3 Å². The minimum Gasteiger partial charge on any atom is -0.491 e. The monoisotopic (exact) mass is 332 g/mol. The lowest BCUT2D eigenvalue weighted by Gasteiger charge is -2.16. The maximum Gasteiger partial charge on any atom is 0.233 e. The molecule has 5 nitrogen and oxygen atoms in total. The van der Waals surface area contributed by atoms with E-state index < -0.39 is 0 Å². The van der Waals surface area contributed by atoms with Gasteiger partial charge in [0.1, 0.15) is 12.2 Å². The first kappa shape index (κ1) is 18.3. The van der Waals surface area contributed by atoms with E-state index in [4.69, 9.17) is 4.74 Å². The molecule has 5 heteroatoms. The number of ether oxygens (including phenoxy) is 1. The molecule has 0 bridgehead atoms. The van der Waals surface area contributed by atoms with Crippen LogP contribution in [0.15, 0.2) is 24.3 Å². The van der Waals surface area contributed by atoms with E-state index in [9.17, 15) is 9.59 Å². The van der Waals surface area contributed by atoms with E-state index >= 15 is 0 Å². The number of nitrogens with one attached hydrogen (secondary N) is 2. The number of amides is 2. The summed E-state index contributed by atoms with van der Waals surface area (Å²) in [5.41, 5.74) is 0.665. The second kappa shape index (κ2) is 9.30. The van der Waals surface area contributed by atoms with Crippen molar-refractivity contribution in [1.29, 1.82) is 0 Å². The maximum absolute atomic E-state index is 12.0. The van der Waals surface area contributed by atoms with Crippen LogP contribution in [0.5, 0.6) is 5.75 Å². The van der Waals surface area contributed by atoms with Crippen molar-refractivity contribution in [3.8, 4) is 5.75 Å². The van der Waals surface area contributed by atoms with E-state index in [1.165, 1.54) is 12.8 Å². The fourth-order valence-electron chi connectivity index (χ4n) is 2.94. The van der Waals surface area contributed by atoms with Crippen LogP contribution >= 0.6 is 0 Å². The summed E-state index contributed by atoms with van der Waals surface area (Å²) < 4.78 is 5.56. The van der Waals surface area contributed by atoms with Crippen molar-refractivity contribution in [2.45, 2.75) is 70.9 Å². The molecule has 0 saturated heterocycles. The maximum atomic E-state index is 12.0. The van der Waals surface area contributed by atoms with Gasteiger partial charge in [0.15, 0.2) is 0 Å². The van der Waals surface area contributed by atoms with Crippen LogP contribution < -0.4 is 15.4 Å². The van der Waals surface area contributed by atoms with Crippen LogP contribution in [0.3, 0.4) is 0 Å². The summed E-state index contributed by atoms with van der Waals surface area (Å²) in [7, 11) is 0. The number of carbonyl (C=O) groups excluding carboxylic acids is 2.